The lowest BCUT2D eigenvalue weighted by Crippen LogP contribution is -2.24. The molecule has 0 bridgehead atoms. The van der Waals surface area contributed by atoms with Crippen LogP contribution in [0.15, 0.2) is 24.9 Å². The highest BCUT2D eigenvalue weighted by molar-refractivity contribution is 5.69. The van der Waals surface area contributed by atoms with Crippen LogP contribution in [0.2, 0.25) is 0 Å². The molecule has 7 nitrogen and oxygen atoms in total. The molecule has 96 valence electrons. The molecular formula is C11H16N5O2+. The van der Waals surface area contributed by atoms with Gasteiger partial charge in [-0.2, -0.15) is 15.4 Å². The number of ether oxygens (including phenoxy) is 1. The molecule has 0 atom stereocenters. The highest BCUT2D eigenvalue weighted by Gasteiger charge is 2.07. The van der Waals surface area contributed by atoms with E-state index in [1.54, 1.807) is 6.20 Å². The molecule has 0 radical (unpaired) electrons. The Morgan fingerprint density at radius 1 is 1.61 bits per heavy atom. The molecule has 0 spiro atoms. The van der Waals surface area contributed by atoms with Gasteiger partial charge in [0.15, 0.2) is 0 Å². The summed E-state index contributed by atoms with van der Waals surface area (Å²) in [6.07, 6.45) is 8.34. The number of carbonyl (C=O) groups excluding carboxylic acids is 1. The number of aromatic amines is 1. The van der Waals surface area contributed by atoms with Gasteiger partial charge in [0.25, 0.3) is 0 Å². The van der Waals surface area contributed by atoms with Gasteiger partial charge in [-0.3, -0.25) is 4.79 Å². The van der Waals surface area contributed by atoms with E-state index >= 15 is 0 Å². The second-order valence-electron chi connectivity index (χ2n) is 4.00. The quantitative estimate of drug-likeness (QED) is 0.559. The zero-order valence-corrected chi connectivity index (χ0v) is 10.2. The number of aromatic nitrogens is 5. The molecule has 2 aromatic heterocycles. The third-order valence-electron chi connectivity index (χ3n) is 2.48. The zero-order chi connectivity index (χ0) is 12.8. The average molecular weight is 250 g/mol. The number of rotatable bonds is 6. The van der Waals surface area contributed by atoms with Crippen LogP contribution in [0.5, 0.6) is 0 Å². The molecule has 0 aliphatic carbocycles. The van der Waals surface area contributed by atoms with E-state index in [1.807, 2.05) is 34.9 Å². The summed E-state index contributed by atoms with van der Waals surface area (Å²) in [7, 11) is 1.94. The standard InChI is InChI=1S/C11H16N5O2/c1-15-5-6-16(9-15)4-2-11(17)18-7-3-10-8-12-14-13-10/h5-6,8-9H,2-4,7H2,1H3,(H,12,13,14)/q+1. The first kappa shape index (κ1) is 12.3. The summed E-state index contributed by atoms with van der Waals surface area (Å²) in [6.45, 7) is 0.967. The molecule has 0 unspecified atom stereocenters. The maximum absolute atomic E-state index is 11.5. The lowest BCUT2D eigenvalue weighted by atomic mass is 10.3. The Morgan fingerprint density at radius 3 is 3.17 bits per heavy atom. The summed E-state index contributed by atoms with van der Waals surface area (Å²) in [6, 6.07) is 0. The van der Waals surface area contributed by atoms with Crippen molar-refractivity contribution in [1.29, 1.82) is 0 Å². The average Bonchev–Trinajstić information content (AvgIpc) is 2.98. The van der Waals surface area contributed by atoms with Crippen LogP contribution in [0.1, 0.15) is 12.1 Å². The molecule has 0 fully saturated rings. The van der Waals surface area contributed by atoms with Crippen LogP contribution >= 0.6 is 0 Å². The molecule has 1 N–H and O–H groups in total. The van der Waals surface area contributed by atoms with Crippen molar-refractivity contribution in [3.8, 4) is 0 Å². The summed E-state index contributed by atoms with van der Waals surface area (Å²) in [5.74, 6) is -0.199. The Hall–Kier alpha value is -2.18. The van der Waals surface area contributed by atoms with Gasteiger partial charge in [0.05, 0.1) is 32.0 Å². The van der Waals surface area contributed by atoms with Gasteiger partial charge in [-0.05, 0) is 0 Å². The fourth-order valence-corrected chi connectivity index (χ4v) is 1.54. The largest absolute Gasteiger partial charge is 0.465 e. The van der Waals surface area contributed by atoms with Gasteiger partial charge >= 0.3 is 5.97 Å². The number of aryl methyl sites for hydroxylation is 2. The van der Waals surface area contributed by atoms with Crippen molar-refractivity contribution < 1.29 is 14.1 Å². The normalized spacial score (nSPS) is 10.5. The van der Waals surface area contributed by atoms with Gasteiger partial charge in [-0.1, -0.05) is 0 Å². The molecule has 2 aromatic rings. The van der Waals surface area contributed by atoms with E-state index in [2.05, 4.69) is 15.4 Å². The Bertz CT molecular complexity index is 491. The van der Waals surface area contributed by atoms with Crippen LogP contribution in [0.3, 0.4) is 0 Å². The second kappa shape index (κ2) is 5.95. The van der Waals surface area contributed by atoms with E-state index in [1.165, 1.54) is 0 Å². The van der Waals surface area contributed by atoms with Gasteiger partial charge in [-0.15, -0.1) is 0 Å². The molecule has 18 heavy (non-hydrogen) atoms. The fraction of sp³-hybridized carbons (Fsp3) is 0.455. The lowest BCUT2D eigenvalue weighted by Gasteiger charge is -2.01. The number of nitrogens with one attached hydrogen (secondary N) is 1. The predicted octanol–water partition coefficient (Wildman–Crippen LogP) is -0.393. The third kappa shape index (κ3) is 3.69. The maximum Gasteiger partial charge on any atom is 0.309 e. The van der Waals surface area contributed by atoms with Crippen LogP contribution in [0.4, 0.5) is 0 Å². The minimum atomic E-state index is -0.199. The summed E-state index contributed by atoms with van der Waals surface area (Å²) < 4.78 is 8.97. The number of nitrogens with zero attached hydrogens (tertiary/aromatic N) is 4. The van der Waals surface area contributed by atoms with Crippen LogP contribution in [0, 0.1) is 0 Å². The van der Waals surface area contributed by atoms with E-state index in [-0.39, 0.29) is 5.97 Å². The highest BCUT2D eigenvalue weighted by atomic mass is 16.5. The molecule has 0 aliphatic heterocycles. The van der Waals surface area contributed by atoms with Crippen molar-refractivity contribution in [1.82, 2.24) is 20.0 Å². The molecule has 0 aliphatic rings. The van der Waals surface area contributed by atoms with Gasteiger partial charge in [0, 0.05) is 6.42 Å². The Morgan fingerprint density at radius 2 is 2.50 bits per heavy atom. The van der Waals surface area contributed by atoms with Crippen molar-refractivity contribution >= 4 is 5.97 Å². The summed E-state index contributed by atoms with van der Waals surface area (Å²) in [5.41, 5.74) is 0.792. The molecular weight excluding hydrogens is 234 g/mol. The fourth-order valence-electron chi connectivity index (χ4n) is 1.54. The number of imidazole rings is 1. The molecule has 2 heterocycles. The van der Waals surface area contributed by atoms with E-state index in [9.17, 15) is 4.79 Å². The summed E-state index contributed by atoms with van der Waals surface area (Å²) >= 11 is 0. The topological polar surface area (TPSA) is 76.7 Å². The van der Waals surface area contributed by atoms with E-state index < -0.39 is 0 Å². The third-order valence-corrected chi connectivity index (χ3v) is 2.48. The first-order valence-electron chi connectivity index (χ1n) is 5.75. The number of hydrogen-bond donors (Lipinski definition) is 1. The van der Waals surface area contributed by atoms with Gasteiger partial charge in [0.2, 0.25) is 6.33 Å². The Kier molecular flexibility index (Phi) is 4.06. The van der Waals surface area contributed by atoms with Gasteiger partial charge in [-0.25, -0.2) is 9.13 Å². The SMILES string of the molecule is C[n+]1ccn(CCC(=O)OCCc2cn[nH]n2)c1. The summed E-state index contributed by atoms with van der Waals surface area (Å²) in [5, 5.41) is 10.1. The first-order chi connectivity index (χ1) is 8.74. The number of esters is 1. The van der Waals surface area contributed by atoms with Crippen molar-refractivity contribution in [2.45, 2.75) is 19.4 Å². The number of H-pyrrole nitrogens is 1. The van der Waals surface area contributed by atoms with Gasteiger partial charge in [0.1, 0.15) is 18.9 Å². The predicted molar refractivity (Wildman–Crippen MR) is 61.3 cm³/mol. The molecule has 0 aromatic carbocycles. The maximum atomic E-state index is 11.5. The van der Waals surface area contributed by atoms with Crippen molar-refractivity contribution in [2.24, 2.45) is 7.05 Å². The van der Waals surface area contributed by atoms with E-state index in [0.717, 1.165) is 5.69 Å². The van der Waals surface area contributed by atoms with Crippen LogP contribution < -0.4 is 4.57 Å². The first-order valence-corrected chi connectivity index (χ1v) is 5.75. The van der Waals surface area contributed by atoms with Crippen LogP contribution in [0.25, 0.3) is 0 Å². The van der Waals surface area contributed by atoms with Crippen molar-refractivity contribution in [3.63, 3.8) is 0 Å². The van der Waals surface area contributed by atoms with Crippen LogP contribution in [-0.2, 0) is 29.5 Å². The minimum absolute atomic E-state index is 0.199. The molecule has 0 amide bonds. The Balaban J connectivity index is 1.63. The molecule has 2 rings (SSSR count). The minimum Gasteiger partial charge on any atom is -0.465 e. The summed E-state index contributed by atoms with van der Waals surface area (Å²) in [4.78, 5) is 11.5. The van der Waals surface area contributed by atoms with E-state index in [4.69, 9.17) is 4.74 Å². The highest BCUT2D eigenvalue weighted by Crippen LogP contribution is 1.95. The van der Waals surface area contributed by atoms with Crippen molar-refractivity contribution in [3.05, 3.63) is 30.6 Å². The molecule has 7 heteroatoms. The monoisotopic (exact) mass is 250 g/mol. The zero-order valence-electron chi connectivity index (χ0n) is 10.2. The van der Waals surface area contributed by atoms with Gasteiger partial charge < -0.3 is 4.74 Å². The second-order valence-corrected chi connectivity index (χ2v) is 4.00. The molecule has 0 saturated carbocycles. The number of carbonyl (C=O) groups is 1. The van der Waals surface area contributed by atoms with Crippen LogP contribution in [-0.4, -0.2) is 32.6 Å². The molecule has 0 saturated heterocycles. The number of hydrogen-bond acceptors (Lipinski definition) is 4. The smallest absolute Gasteiger partial charge is 0.309 e. The van der Waals surface area contributed by atoms with E-state index in [0.29, 0.717) is 26.0 Å². The lowest BCUT2D eigenvalue weighted by molar-refractivity contribution is -0.671. The Labute approximate surface area is 104 Å². The van der Waals surface area contributed by atoms with Crippen molar-refractivity contribution in [2.75, 3.05) is 6.61 Å².